The van der Waals surface area contributed by atoms with Gasteiger partial charge < -0.3 is 4.57 Å². The zero-order chi connectivity index (χ0) is 29.9. The molecule has 0 aliphatic rings. The summed E-state index contributed by atoms with van der Waals surface area (Å²) in [5.74, 6) is 1.97. The maximum absolute atomic E-state index is 4.94. The van der Waals surface area contributed by atoms with Crippen molar-refractivity contribution < 1.29 is 0 Å². The van der Waals surface area contributed by atoms with Gasteiger partial charge in [-0.15, -0.1) is 0 Å². The minimum Gasteiger partial charge on any atom is -0.313 e. The number of hydrogen-bond donors (Lipinski definition) is 0. The Morgan fingerprint density at radius 1 is 0.545 bits per heavy atom. The predicted molar refractivity (Wildman–Crippen MR) is 184 cm³/mol. The number of rotatable bonds is 7. The number of fused-ring (bicyclic) bond motifs is 3. The van der Waals surface area contributed by atoms with Crippen molar-refractivity contribution in [2.45, 2.75) is 20.3 Å². The van der Waals surface area contributed by atoms with E-state index < -0.39 is 0 Å². The highest BCUT2D eigenvalue weighted by Crippen LogP contribution is 2.36. The number of benzene rings is 5. The van der Waals surface area contributed by atoms with Crippen LogP contribution in [0.25, 0.3) is 72.8 Å². The van der Waals surface area contributed by atoms with Crippen LogP contribution in [0.5, 0.6) is 0 Å². The second-order valence-corrected chi connectivity index (χ2v) is 10.7. The third-order valence-corrected chi connectivity index (χ3v) is 7.96. The van der Waals surface area contributed by atoms with E-state index in [-0.39, 0.29) is 0 Å². The molecule has 0 N–H and O–H groups in total. The van der Waals surface area contributed by atoms with Crippen LogP contribution in [0, 0.1) is 0 Å². The largest absolute Gasteiger partial charge is 0.313 e. The van der Waals surface area contributed by atoms with Gasteiger partial charge in [0.2, 0.25) is 0 Å². The molecule has 4 nitrogen and oxygen atoms in total. The zero-order valence-electron chi connectivity index (χ0n) is 24.9. The minimum atomic E-state index is 0.652. The van der Waals surface area contributed by atoms with E-state index in [9.17, 15) is 0 Å². The monoisotopic (exact) mass is 568 g/mol. The Balaban J connectivity index is 1.36. The molecule has 2 aromatic heterocycles. The van der Waals surface area contributed by atoms with Gasteiger partial charge in [-0.3, -0.25) is 0 Å². The lowest BCUT2D eigenvalue weighted by Gasteiger charge is -2.11. The van der Waals surface area contributed by atoms with Crippen LogP contribution in [-0.2, 0) is 0 Å². The summed E-state index contributed by atoms with van der Waals surface area (Å²) in [6, 6.07) is 44.1. The van der Waals surface area contributed by atoms with Crippen LogP contribution in [0.1, 0.15) is 20.3 Å². The van der Waals surface area contributed by atoms with Gasteiger partial charge >= 0.3 is 0 Å². The molecule has 5 aromatic carbocycles. The summed E-state index contributed by atoms with van der Waals surface area (Å²) in [4.78, 5) is 14.7. The summed E-state index contributed by atoms with van der Waals surface area (Å²) in [6.07, 6.45) is 7.34. The highest BCUT2D eigenvalue weighted by Gasteiger charge is 2.15. The molecule has 0 spiro atoms. The smallest absolute Gasteiger partial charge is 0.164 e. The fourth-order valence-corrected chi connectivity index (χ4v) is 5.80. The first-order valence-electron chi connectivity index (χ1n) is 15.1. The van der Waals surface area contributed by atoms with Crippen molar-refractivity contribution in [2.24, 2.45) is 0 Å². The van der Waals surface area contributed by atoms with E-state index in [0.717, 1.165) is 34.2 Å². The summed E-state index contributed by atoms with van der Waals surface area (Å²) < 4.78 is 2.39. The Labute approximate surface area is 257 Å². The number of nitrogens with zero attached hydrogens (tertiary/aromatic N) is 4. The van der Waals surface area contributed by atoms with Crippen molar-refractivity contribution in [3.63, 3.8) is 0 Å². The third-order valence-electron chi connectivity index (χ3n) is 7.96. The van der Waals surface area contributed by atoms with E-state index in [1.165, 1.54) is 27.5 Å². The molecule has 4 heteroatoms. The van der Waals surface area contributed by atoms with Crippen LogP contribution in [0.2, 0.25) is 0 Å². The summed E-state index contributed by atoms with van der Waals surface area (Å²) in [5, 5.41) is 2.49. The lowest BCUT2D eigenvalue weighted by atomic mass is 10.0. The molecule has 0 aliphatic carbocycles. The van der Waals surface area contributed by atoms with Crippen molar-refractivity contribution in [3.05, 3.63) is 146 Å². The van der Waals surface area contributed by atoms with E-state index in [4.69, 9.17) is 15.0 Å². The normalized spacial score (nSPS) is 12.0. The van der Waals surface area contributed by atoms with Gasteiger partial charge in [0.05, 0.1) is 11.0 Å². The SMILES string of the molecule is C/C=C\C=C(/CC)n1c2ccccc2c2cc(-c3cccc(-c4nc(-c5ccccc5)nc(-c5ccccc5)n4)c3)ccc21. The molecule has 2 heterocycles. The molecule has 7 rings (SSSR count). The third kappa shape index (κ3) is 5.12. The first kappa shape index (κ1) is 27.2. The van der Waals surface area contributed by atoms with Gasteiger partial charge in [-0.1, -0.05) is 122 Å². The molecule has 0 fully saturated rings. The van der Waals surface area contributed by atoms with E-state index in [2.05, 4.69) is 103 Å². The Kier molecular flexibility index (Phi) is 7.39. The molecule has 0 amide bonds. The highest BCUT2D eigenvalue weighted by molar-refractivity contribution is 6.11. The minimum absolute atomic E-state index is 0.652. The summed E-state index contributed by atoms with van der Waals surface area (Å²) in [5.41, 5.74) is 8.83. The van der Waals surface area contributed by atoms with Gasteiger partial charge in [-0.25, -0.2) is 15.0 Å². The Morgan fingerprint density at radius 3 is 1.75 bits per heavy atom. The molecule has 0 atom stereocenters. The molecule has 7 aromatic rings. The molecule has 0 aliphatic heterocycles. The molecule has 0 bridgehead atoms. The lowest BCUT2D eigenvalue weighted by Crippen LogP contribution is -2.00. The van der Waals surface area contributed by atoms with Crippen LogP contribution in [0.3, 0.4) is 0 Å². The predicted octanol–water partition coefficient (Wildman–Crippen LogP) is 10.5. The molecular formula is C40H32N4. The van der Waals surface area contributed by atoms with E-state index >= 15 is 0 Å². The molecule has 0 unspecified atom stereocenters. The first-order valence-corrected chi connectivity index (χ1v) is 15.1. The van der Waals surface area contributed by atoms with Crippen LogP contribution in [0.4, 0.5) is 0 Å². The van der Waals surface area contributed by atoms with Gasteiger partial charge in [0.15, 0.2) is 17.5 Å². The fraction of sp³-hybridized carbons (Fsp3) is 0.0750. The van der Waals surface area contributed by atoms with Gasteiger partial charge in [0.1, 0.15) is 0 Å². The zero-order valence-corrected chi connectivity index (χ0v) is 24.9. The summed E-state index contributed by atoms with van der Waals surface area (Å²) in [7, 11) is 0. The quantitative estimate of drug-likeness (QED) is 0.180. The van der Waals surface area contributed by atoms with Crippen molar-refractivity contribution in [1.82, 2.24) is 19.5 Å². The maximum atomic E-state index is 4.94. The first-order chi connectivity index (χ1) is 21.7. The number of para-hydroxylation sites is 1. The number of allylic oxidation sites excluding steroid dienone is 4. The molecular weight excluding hydrogens is 536 g/mol. The Bertz CT molecular complexity index is 2100. The standard InChI is InChI=1S/C40H32N4/c1-3-5-21-33(4-2)44-36-23-13-12-22-34(36)35-27-31(24-25-37(35)44)30-19-14-20-32(26-30)40-42-38(28-15-8-6-9-16-28)41-39(43-40)29-17-10-7-11-18-29/h3,5-27H,4H2,1-2H3/b5-3-,33-21+. The highest BCUT2D eigenvalue weighted by atomic mass is 15.0. The lowest BCUT2D eigenvalue weighted by molar-refractivity contribution is 1.07. The maximum Gasteiger partial charge on any atom is 0.164 e. The average Bonchev–Trinajstić information content (AvgIpc) is 3.43. The van der Waals surface area contributed by atoms with Crippen LogP contribution >= 0.6 is 0 Å². The van der Waals surface area contributed by atoms with Crippen molar-refractivity contribution in [3.8, 4) is 45.3 Å². The number of hydrogen-bond acceptors (Lipinski definition) is 3. The fourth-order valence-electron chi connectivity index (χ4n) is 5.80. The van der Waals surface area contributed by atoms with Crippen molar-refractivity contribution >= 4 is 27.5 Å². The van der Waals surface area contributed by atoms with Crippen LogP contribution < -0.4 is 0 Å². The topological polar surface area (TPSA) is 43.6 Å². The molecule has 212 valence electrons. The molecule has 44 heavy (non-hydrogen) atoms. The van der Waals surface area contributed by atoms with Crippen molar-refractivity contribution in [1.29, 1.82) is 0 Å². The van der Waals surface area contributed by atoms with Crippen molar-refractivity contribution in [2.75, 3.05) is 0 Å². The summed E-state index contributed by atoms with van der Waals surface area (Å²) in [6.45, 7) is 4.27. The Morgan fingerprint density at radius 2 is 1.09 bits per heavy atom. The number of aromatic nitrogens is 4. The van der Waals surface area contributed by atoms with E-state index in [1.807, 2.05) is 60.7 Å². The van der Waals surface area contributed by atoms with Gasteiger partial charge in [-0.05, 0) is 54.8 Å². The van der Waals surface area contributed by atoms with Gasteiger partial charge in [0, 0.05) is 33.2 Å². The van der Waals surface area contributed by atoms with E-state index in [0.29, 0.717) is 17.5 Å². The second-order valence-electron chi connectivity index (χ2n) is 10.7. The van der Waals surface area contributed by atoms with Gasteiger partial charge in [-0.2, -0.15) is 0 Å². The van der Waals surface area contributed by atoms with Gasteiger partial charge in [0.25, 0.3) is 0 Å². The van der Waals surface area contributed by atoms with Crippen LogP contribution in [-0.4, -0.2) is 19.5 Å². The Hall–Kier alpha value is -5.61. The molecule has 0 radical (unpaired) electrons. The molecule has 0 saturated heterocycles. The van der Waals surface area contributed by atoms with E-state index in [1.54, 1.807) is 0 Å². The molecule has 0 saturated carbocycles. The summed E-state index contributed by atoms with van der Waals surface area (Å²) >= 11 is 0. The second kappa shape index (κ2) is 11.9. The van der Waals surface area contributed by atoms with Crippen LogP contribution in [0.15, 0.2) is 146 Å². The average molecular weight is 569 g/mol.